The molecule has 0 saturated carbocycles. The molecule has 0 bridgehead atoms. The van der Waals surface area contributed by atoms with Crippen molar-refractivity contribution < 1.29 is 0 Å². The van der Waals surface area contributed by atoms with Crippen molar-refractivity contribution in [1.82, 2.24) is 4.37 Å². The average molecular weight is 136 g/mol. The smallest absolute Gasteiger partial charge is 0.276 e. The lowest BCUT2D eigenvalue weighted by atomic mass is 10.7. The quantitative estimate of drug-likeness (QED) is 0.568. The van der Waals surface area contributed by atoms with Crippen LogP contribution in [0.3, 0.4) is 0 Å². The first-order chi connectivity index (χ1) is 3.30. The van der Waals surface area contributed by atoms with Crippen LogP contribution in [0, 0.1) is 0 Å². The highest BCUT2D eigenvalue weighted by Gasteiger charge is 1.90. The van der Waals surface area contributed by atoms with E-state index in [0.29, 0.717) is 0 Å². The van der Waals surface area contributed by atoms with Crippen LogP contribution in [0.4, 0.5) is 0 Å². The molecule has 0 aliphatic heterocycles. The minimum Gasteiger partial charge on any atom is -0.276 e. The summed E-state index contributed by atoms with van der Waals surface area (Å²) in [7, 11) is 0. The fourth-order valence-electron chi connectivity index (χ4n) is 0.237. The third kappa shape index (κ3) is 0.838. The van der Waals surface area contributed by atoms with Crippen LogP contribution in [-0.2, 0) is 0 Å². The Labute approximate surface area is 48.9 Å². The van der Waals surface area contributed by atoms with Crippen molar-refractivity contribution in [2.75, 3.05) is 0 Å². The second kappa shape index (κ2) is 1.68. The van der Waals surface area contributed by atoms with Crippen molar-refractivity contribution in [1.29, 1.82) is 0 Å². The largest absolute Gasteiger partial charge is 0.276 e. The molecule has 0 atom stereocenters. The minimum absolute atomic E-state index is 0.202. The Morgan fingerprint density at radius 1 is 1.86 bits per heavy atom. The summed E-state index contributed by atoms with van der Waals surface area (Å²) in [5, 5.41) is 1.83. The van der Waals surface area contributed by atoms with Gasteiger partial charge in [0, 0.05) is 5.38 Å². The molecule has 38 valence electrons. The maximum Gasteiger partial charge on any atom is 0.276 e. The van der Waals surface area contributed by atoms with Crippen LogP contribution in [0.25, 0.3) is 0 Å². The van der Waals surface area contributed by atoms with Crippen molar-refractivity contribution in [2.24, 2.45) is 0 Å². The van der Waals surface area contributed by atoms with Crippen molar-refractivity contribution in [3.63, 3.8) is 0 Å². The summed E-state index contributed by atoms with van der Waals surface area (Å²) in [6.07, 6.45) is 0. The predicted molar refractivity (Wildman–Crippen MR) is 29.9 cm³/mol. The fourth-order valence-corrected chi connectivity index (χ4v) is 0.960. The zero-order chi connectivity index (χ0) is 5.28. The molecular formula is C3H2ClNOS. The number of H-pyrrole nitrogens is 1. The molecule has 0 unspecified atom stereocenters. The summed E-state index contributed by atoms with van der Waals surface area (Å²) in [6.45, 7) is 0. The topological polar surface area (TPSA) is 32.9 Å². The van der Waals surface area contributed by atoms with E-state index in [0.717, 1.165) is 0 Å². The SMILES string of the molecule is O=c1[nH]scc1Cl. The fraction of sp³-hybridized carbons (Fsp3) is 0. The summed E-state index contributed by atoms with van der Waals surface area (Å²) in [4.78, 5) is 10.2. The molecule has 1 rings (SSSR count). The molecule has 0 spiro atoms. The van der Waals surface area contributed by atoms with E-state index >= 15 is 0 Å². The highest BCUT2D eigenvalue weighted by Crippen LogP contribution is 2.00. The van der Waals surface area contributed by atoms with Crippen molar-refractivity contribution in [3.05, 3.63) is 20.8 Å². The zero-order valence-corrected chi connectivity index (χ0v) is 4.84. The minimum atomic E-state index is -0.202. The Balaban J connectivity index is 3.39. The Kier molecular flexibility index (Phi) is 1.17. The Bertz CT molecular complexity index is 203. The Morgan fingerprint density at radius 3 is 2.71 bits per heavy atom. The molecule has 0 amide bonds. The van der Waals surface area contributed by atoms with Crippen molar-refractivity contribution in [2.45, 2.75) is 0 Å². The number of halogens is 1. The first-order valence-corrected chi connectivity index (χ1v) is 2.88. The van der Waals surface area contributed by atoms with E-state index in [1.54, 1.807) is 5.38 Å². The van der Waals surface area contributed by atoms with Gasteiger partial charge in [-0.15, -0.1) is 0 Å². The third-order valence-corrected chi connectivity index (χ3v) is 1.60. The summed E-state index contributed by atoms with van der Waals surface area (Å²) < 4.78 is 2.42. The van der Waals surface area contributed by atoms with E-state index in [1.807, 2.05) is 0 Å². The molecule has 0 radical (unpaired) electrons. The van der Waals surface area contributed by atoms with Gasteiger partial charge in [-0.1, -0.05) is 23.1 Å². The molecule has 0 aliphatic carbocycles. The van der Waals surface area contributed by atoms with Crippen LogP contribution in [0.15, 0.2) is 10.2 Å². The molecular weight excluding hydrogens is 134 g/mol. The second-order valence-corrected chi connectivity index (χ2v) is 2.10. The Hall–Kier alpha value is -0.280. The number of aromatic nitrogens is 1. The number of aromatic amines is 1. The molecule has 1 aromatic rings. The van der Waals surface area contributed by atoms with Gasteiger partial charge in [0.25, 0.3) is 5.56 Å². The summed E-state index contributed by atoms with van der Waals surface area (Å²) in [5.74, 6) is 0. The molecule has 0 saturated heterocycles. The standard InChI is InChI=1S/C3H2ClNOS/c4-2-1-7-5-3(2)6/h1H,(H,5,6). The van der Waals surface area contributed by atoms with Gasteiger partial charge < -0.3 is 0 Å². The molecule has 0 aromatic carbocycles. The van der Waals surface area contributed by atoms with Crippen LogP contribution >= 0.6 is 23.1 Å². The first-order valence-electron chi connectivity index (χ1n) is 1.62. The van der Waals surface area contributed by atoms with Gasteiger partial charge >= 0.3 is 0 Å². The summed E-state index contributed by atoms with van der Waals surface area (Å²) in [5.41, 5.74) is -0.202. The molecule has 1 heterocycles. The van der Waals surface area contributed by atoms with Gasteiger partial charge in [0.1, 0.15) is 5.02 Å². The van der Waals surface area contributed by atoms with Gasteiger partial charge in [-0.25, -0.2) is 0 Å². The van der Waals surface area contributed by atoms with Crippen LogP contribution in [0.1, 0.15) is 0 Å². The van der Waals surface area contributed by atoms with E-state index in [2.05, 4.69) is 4.37 Å². The lowest BCUT2D eigenvalue weighted by Gasteiger charge is -1.60. The second-order valence-electron chi connectivity index (χ2n) is 1.01. The molecule has 0 aliphatic rings. The van der Waals surface area contributed by atoms with E-state index < -0.39 is 0 Å². The number of nitrogens with one attached hydrogen (secondary N) is 1. The van der Waals surface area contributed by atoms with E-state index in [4.69, 9.17) is 11.6 Å². The molecule has 7 heavy (non-hydrogen) atoms. The summed E-state index contributed by atoms with van der Waals surface area (Å²) in [6, 6.07) is 0. The lowest BCUT2D eigenvalue weighted by molar-refractivity contribution is 1.43. The maximum absolute atomic E-state index is 10.2. The van der Waals surface area contributed by atoms with Gasteiger partial charge in [-0.3, -0.25) is 9.17 Å². The van der Waals surface area contributed by atoms with Crippen molar-refractivity contribution in [3.8, 4) is 0 Å². The molecule has 2 nitrogen and oxygen atoms in total. The first kappa shape index (κ1) is 4.87. The normalized spacial score (nSPS) is 9.29. The lowest BCUT2D eigenvalue weighted by Crippen LogP contribution is -1.94. The Morgan fingerprint density at radius 2 is 2.57 bits per heavy atom. The third-order valence-electron chi connectivity index (χ3n) is 0.531. The maximum atomic E-state index is 10.2. The highest BCUT2D eigenvalue weighted by atomic mass is 35.5. The predicted octanol–water partition coefficient (Wildman–Crippen LogP) is 1.09. The number of rotatable bonds is 0. The monoisotopic (exact) mass is 135 g/mol. The van der Waals surface area contributed by atoms with Gasteiger partial charge in [-0.2, -0.15) is 0 Å². The van der Waals surface area contributed by atoms with Gasteiger partial charge in [0.15, 0.2) is 0 Å². The van der Waals surface area contributed by atoms with Crippen LogP contribution in [0.2, 0.25) is 5.02 Å². The van der Waals surface area contributed by atoms with Gasteiger partial charge in [-0.05, 0) is 0 Å². The van der Waals surface area contributed by atoms with Crippen LogP contribution in [-0.4, -0.2) is 4.37 Å². The highest BCUT2D eigenvalue weighted by molar-refractivity contribution is 7.04. The van der Waals surface area contributed by atoms with Crippen molar-refractivity contribution >= 4 is 23.1 Å². The molecule has 4 heteroatoms. The summed E-state index contributed by atoms with van der Waals surface area (Å²) >= 11 is 6.49. The molecule has 0 fully saturated rings. The van der Waals surface area contributed by atoms with Gasteiger partial charge in [0.05, 0.1) is 0 Å². The van der Waals surface area contributed by atoms with E-state index in [9.17, 15) is 4.79 Å². The average Bonchev–Trinajstić information content (AvgIpc) is 1.91. The van der Waals surface area contributed by atoms with Crippen LogP contribution in [0.5, 0.6) is 0 Å². The van der Waals surface area contributed by atoms with Gasteiger partial charge in [0.2, 0.25) is 0 Å². The van der Waals surface area contributed by atoms with E-state index in [1.165, 1.54) is 11.5 Å². The molecule has 1 N–H and O–H groups in total. The molecule has 1 aromatic heterocycles. The van der Waals surface area contributed by atoms with Crippen LogP contribution < -0.4 is 5.56 Å². The van der Waals surface area contributed by atoms with E-state index in [-0.39, 0.29) is 10.6 Å². The number of hydrogen-bond donors (Lipinski definition) is 1. The zero-order valence-electron chi connectivity index (χ0n) is 3.27. The number of hydrogen-bond acceptors (Lipinski definition) is 2.